The molecule has 1 saturated heterocycles. The highest BCUT2D eigenvalue weighted by molar-refractivity contribution is 7.89. The number of benzene rings is 3. The maximum absolute atomic E-state index is 13.1. The van der Waals surface area contributed by atoms with Crippen molar-refractivity contribution < 1.29 is 17.6 Å². The number of para-hydroxylation sites is 2. The van der Waals surface area contributed by atoms with Gasteiger partial charge in [0.05, 0.1) is 4.90 Å². The number of nitrogens with zero attached hydrogens (tertiary/aromatic N) is 3. The molecule has 2 heterocycles. The molecule has 1 aromatic heterocycles. The molecular formula is C24H21N3O4S. The van der Waals surface area contributed by atoms with Crippen LogP contribution in [0.25, 0.3) is 27.9 Å². The second kappa shape index (κ2) is 8.22. The summed E-state index contributed by atoms with van der Waals surface area (Å²) < 4.78 is 33.2. The Hall–Kier alpha value is -3.49. The van der Waals surface area contributed by atoms with E-state index in [9.17, 15) is 13.2 Å². The van der Waals surface area contributed by atoms with E-state index >= 15 is 0 Å². The maximum Gasteiger partial charge on any atom is 0.246 e. The summed E-state index contributed by atoms with van der Waals surface area (Å²) >= 11 is 0. The van der Waals surface area contributed by atoms with Crippen molar-refractivity contribution in [3.8, 4) is 0 Å². The lowest BCUT2D eigenvalue weighted by Gasteiger charge is -2.33. The predicted molar refractivity (Wildman–Crippen MR) is 122 cm³/mol. The van der Waals surface area contributed by atoms with E-state index in [1.807, 2.05) is 54.6 Å². The minimum Gasteiger partial charge on any atom is -0.437 e. The largest absolute Gasteiger partial charge is 0.437 e. The topological polar surface area (TPSA) is 83.7 Å². The number of fused-ring (bicyclic) bond motifs is 2. The Bertz CT molecular complexity index is 1400. The van der Waals surface area contributed by atoms with Crippen LogP contribution in [0.2, 0.25) is 0 Å². The second-order valence-electron chi connectivity index (χ2n) is 7.59. The fourth-order valence-electron chi connectivity index (χ4n) is 3.84. The van der Waals surface area contributed by atoms with Crippen LogP contribution >= 0.6 is 0 Å². The third-order valence-electron chi connectivity index (χ3n) is 5.59. The number of hydrogen-bond acceptors (Lipinski definition) is 5. The molecule has 5 rings (SSSR count). The quantitative estimate of drug-likeness (QED) is 0.447. The molecule has 1 fully saturated rings. The van der Waals surface area contributed by atoms with Crippen molar-refractivity contribution in [3.05, 3.63) is 78.7 Å². The van der Waals surface area contributed by atoms with Crippen molar-refractivity contribution >= 4 is 43.9 Å². The van der Waals surface area contributed by atoms with Gasteiger partial charge < -0.3 is 9.32 Å². The molecule has 0 unspecified atom stereocenters. The summed E-state index contributed by atoms with van der Waals surface area (Å²) in [6, 6.07) is 20.2. The van der Waals surface area contributed by atoms with Crippen LogP contribution in [0.15, 0.2) is 82.1 Å². The number of carbonyl (C=O) groups is 1. The van der Waals surface area contributed by atoms with Gasteiger partial charge in [-0.05, 0) is 35.0 Å². The van der Waals surface area contributed by atoms with Gasteiger partial charge in [-0.15, -0.1) is 0 Å². The van der Waals surface area contributed by atoms with Crippen molar-refractivity contribution in [2.45, 2.75) is 4.90 Å². The summed E-state index contributed by atoms with van der Waals surface area (Å²) in [5, 5.41) is 1.87. The van der Waals surface area contributed by atoms with E-state index in [1.165, 1.54) is 10.4 Å². The lowest BCUT2D eigenvalue weighted by Crippen LogP contribution is -2.50. The monoisotopic (exact) mass is 447 g/mol. The van der Waals surface area contributed by atoms with Gasteiger partial charge in [0.2, 0.25) is 21.8 Å². The van der Waals surface area contributed by atoms with Gasteiger partial charge in [-0.1, -0.05) is 42.5 Å². The molecule has 0 saturated carbocycles. The zero-order valence-corrected chi connectivity index (χ0v) is 18.0. The molecule has 0 radical (unpaired) electrons. The van der Waals surface area contributed by atoms with E-state index in [1.54, 1.807) is 23.1 Å². The molecule has 0 aliphatic carbocycles. The first kappa shape index (κ1) is 20.4. The standard InChI is InChI=1S/C24H21N3O4S/c28-24(12-11-23-25-21-7-3-4-8-22(21)31-23)26-13-15-27(16-14-26)32(29,30)20-10-9-18-5-1-2-6-19(18)17-20/h1-12,17H,13-16H2. The summed E-state index contributed by atoms with van der Waals surface area (Å²) in [5.74, 6) is 0.159. The first-order valence-electron chi connectivity index (χ1n) is 10.3. The number of carbonyl (C=O) groups excluding carboxylic acids is 1. The molecule has 0 atom stereocenters. The molecule has 0 N–H and O–H groups in total. The Balaban J connectivity index is 1.25. The third-order valence-corrected chi connectivity index (χ3v) is 7.48. The van der Waals surface area contributed by atoms with Gasteiger partial charge in [0.25, 0.3) is 0 Å². The van der Waals surface area contributed by atoms with Crippen LogP contribution < -0.4 is 0 Å². The molecule has 0 bridgehead atoms. The molecule has 162 valence electrons. The molecule has 7 nitrogen and oxygen atoms in total. The van der Waals surface area contributed by atoms with Crippen LogP contribution in [0, 0.1) is 0 Å². The molecule has 8 heteroatoms. The number of aromatic nitrogens is 1. The van der Waals surface area contributed by atoms with E-state index in [0.29, 0.717) is 24.6 Å². The summed E-state index contributed by atoms with van der Waals surface area (Å²) in [4.78, 5) is 18.8. The van der Waals surface area contributed by atoms with Gasteiger partial charge in [0.1, 0.15) is 5.52 Å². The van der Waals surface area contributed by atoms with Crippen molar-refractivity contribution in [2.75, 3.05) is 26.2 Å². The summed E-state index contributed by atoms with van der Waals surface area (Å²) in [5.41, 5.74) is 1.39. The Morgan fingerprint density at radius 2 is 1.62 bits per heavy atom. The van der Waals surface area contributed by atoms with Crippen molar-refractivity contribution in [1.82, 2.24) is 14.2 Å². The fraction of sp³-hybridized carbons (Fsp3) is 0.167. The molecule has 1 amide bonds. The lowest BCUT2D eigenvalue weighted by atomic mass is 10.1. The van der Waals surface area contributed by atoms with E-state index in [-0.39, 0.29) is 23.9 Å². The Labute approximate surface area is 185 Å². The highest BCUT2D eigenvalue weighted by atomic mass is 32.2. The maximum atomic E-state index is 13.1. The van der Waals surface area contributed by atoms with Crippen LogP contribution in [0.1, 0.15) is 5.89 Å². The average Bonchev–Trinajstić information content (AvgIpc) is 3.25. The number of hydrogen-bond donors (Lipinski definition) is 0. The van der Waals surface area contributed by atoms with Gasteiger partial charge in [0, 0.05) is 38.3 Å². The van der Waals surface area contributed by atoms with E-state index in [2.05, 4.69) is 4.98 Å². The summed E-state index contributed by atoms with van der Waals surface area (Å²) in [6.07, 6.45) is 2.96. The van der Waals surface area contributed by atoms with Crippen molar-refractivity contribution in [1.29, 1.82) is 0 Å². The highest BCUT2D eigenvalue weighted by Crippen LogP contribution is 2.23. The molecular weight excluding hydrogens is 426 g/mol. The summed E-state index contributed by atoms with van der Waals surface area (Å²) in [7, 11) is -3.62. The van der Waals surface area contributed by atoms with Crippen LogP contribution in [0.4, 0.5) is 0 Å². The average molecular weight is 448 g/mol. The van der Waals surface area contributed by atoms with Gasteiger partial charge in [-0.3, -0.25) is 4.79 Å². The molecule has 0 spiro atoms. The number of amides is 1. The molecule has 32 heavy (non-hydrogen) atoms. The smallest absolute Gasteiger partial charge is 0.246 e. The number of oxazole rings is 1. The zero-order chi connectivity index (χ0) is 22.1. The minimum absolute atomic E-state index is 0.199. The zero-order valence-electron chi connectivity index (χ0n) is 17.2. The van der Waals surface area contributed by atoms with Crippen molar-refractivity contribution in [2.24, 2.45) is 0 Å². The highest BCUT2D eigenvalue weighted by Gasteiger charge is 2.29. The molecule has 1 aliphatic rings. The Morgan fingerprint density at radius 1 is 0.906 bits per heavy atom. The van der Waals surface area contributed by atoms with Crippen LogP contribution in [0.5, 0.6) is 0 Å². The van der Waals surface area contributed by atoms with E-state index in [4.69, 9.17) is 4.42 Å². The van der Waals surface area contributed by atoms with Crippen LogP contribution in [0.3, 0.4) is 0 Å². The predicted octanol–water partition coefficient (Wildman–Crippen LogP) is 3.53. The number of sulfonamides is 1. The molecule has 3 aromatic carbocycles. The number of rotatable bonds is 4. The van der Waals surface area contributed by atoms with Gasteiger partial charge >= 0.3 is 0 Å². The first-order chi connectivity index (χ1) is 15.5. The molecule has 4 aromatic rings. The Morgan fingerprint density at radius 3 is 2.41 bits per heavy atom. The summed E-state index contributed by atoms with van der Waals surface area (Å²) in [6.45, 7) is 1.14. The number of piperazine rings is 1. The lowest BCUT2D eigenvalue weighted by molar-refractivity contribution is -0.127. The third kappa shape index (κ3) is 3.90. The van der Waals surface area contributed by atoms with Crippen molar-refractivity contribution in [3.63, 3.8) is 0 Å². The fourth-order valence-corrected chi connectivity index (χ4v) is 5.29. The Kier molecular flexibility index (Phi) is 5.24. The molecule has 1 aliphatic heterocycles. The van der Waals surface area contributed by atoms with E-state index < -0.39 is 10.0 Å². The van der Waals surface area contributed by atoms with Gasteiger partial charge in [-0.25, -0.2) is 13.4 Å². The van der Waals surface area contributed by atoms with Crippen LogP contribution in [-0.2, 0) is 14.8 Å². The van der Waals surface area contributed by atoms with Crippen LogP contribution in [-0.4, -0.2) is 54.7 Å². The van der Waals surface area contributed by atoms with E-state index in [0.717, 1.165) is 16.3 Å². The van der Waals surface area contributed by atoms with Gasteiger partial charge in [0.15, 0.2) is 5.58 Å². The minimum atomic E-state index is -3.62. The SMILES string of the molecule is O=C(C=Cc1nc2ccccc2o1)N1CCN(S(=O)(=O)c2ccc3ccccc3c2)CC1. The first-order valence-corrected chi connectivity index (χ1v) is 11.8. The normalized spacial score (nSPS) is 15.7. The second-order valence-corrected chi connectivity index (χ2v) is 9.53. The van der Waals surface area contributed by atoms with Gasteiger partial charge in [-0.2, -0.15) is 4.31 Å².